The van der Waals surface area contributed by atoms with Crippen molar-refractivity contribution in [1.29, 1.82) is 0 Å². The molecule has 8 bridgehead atoms. The van der Waals surface area contributed by atoms with Crippen molar-refractivity contribution in [2.45, 2.75) is 142 Å². The van der Waals surface area contributed by atoms with Crippen LogP contribution >= 0.6 is 23.5 Å². The molecule has 14 heteroatoms. The Morgan fingerprint density at radius 1 is 0.537 bits per heavy atom. The summed E-state index contributed by atoms with van der Waals surface area (Å²) in [4.78, 5) is 46.1. The zero-order chi connectivity index (χ0) is 56.2. The van der Waals surface area contributed by atoms with Crippen molar-refractivity contribution in [2.24, 2.45) is 7.05 Å². The summed E-state index contributed by atoms with van der Waals surface area (Å²) < 4.78 is 27.2. The third-order valence-electron chi connectivity index (χ3n) is 14.3. The van der Waals surface area contributed by atoms with Gasteiger partial charge in [-0.25, -0.2) is 15.0 Å². The number of H-pyrrole nitrogens is 2. The van der Waals surface area contributed by atoms with E-state index in [2.05, 4.69) is 89.9 Å². The molecule has 0 spiro atoms. The van der Waals surface area contributed by atoms with Gasteiger partial charge in [0.15, 0.2) is 10.2 Å². The average molecular weight is 1120 g/mol. The first-order valence-corrected chi connectivity index (χ1v) is 31.4. The maximum Gasteiger partial charge on any atom is 0.185 e. The van der Waals surface area contributed by atoms with Crippen molar-refractivity contribution in [3.8, 4) is 34.0 Å². The Kier molecular flexibility index (Phi) is 26.5. The van der Waals surface area contributed by atoms with Crippen molar-refractivity contribution in [1.82, 2.24) is 29.5 Å². The quantitative estimate of drug-likeness (QED) is 0.0282. The monoisotopic (exact) mass is 1120 g/mol. The van der Waals surface area contributed by atoms with Crippen LogP contribution in [0.2, 0.25) is 0 Å². The molecule has 0 saturated heterocycles. The Labute approximate surface area is 484 Å². The zero-order valence-electron chi connectivity index (χ0n) is 47.9. The number of aromatic amines is 2. The number of thioether (sulfide) groups is 2. The Hall–Kier alpha value is -5.93. The molecule has 0 unspecified atom stereocenters. The van der Waals surface area contributed by atoms with Gasteiger partial charge in [-0.2, -0.15) is 0 Å². The van der Waals surface area contributed by atoms with Crippen LogP contribution in [-0.4, -0.2) is 90.9 Å². The first-order valence-electron chi connectivity index (χ1n) is 29.4. The predicted octanol–water partition coefficient (Wildman–Crippen LogP) is 16.6. The third kappa shape index (κ3) is 19.7. The van der Waals surface area contributed by atoms with Crippen molar-refractivity contribution in [3.63, 3.8) is 0 Å². The smallest absolute Gasteiger partial charge is 0.185 e. The summed E-state index contributed by atoms with van der Waals surface area (Å²) in [5, 5.41) is 0.418. The van der Waals surface area contributed by atoms with E-state index < -0.39 is 0 Å². The maximum atomic E-state index is 11.3. The van der Waals surface area contributed by atoms with E-state index in [0.29, 0.717) is 39.6 Å². The Morgan fingerprint density at radius 3 is 1.41 bits per heavy atom. The molecule has 6 heterocycles. The summed E-state index contributed by atoms with van der Waals surface area (Å²) in [6.45, 7) is 14.4. The molecule has 1 aromatic carbocycles. The molecule has 2 N–H and O–H groups in total. The van der Waals surface area contributed by atoms with Crippen LogP contribution in [0.4, 0.5) is 0 Å². The molecular weight excluding hydrogens is 1040 g/mol. The number of unbranched alkanes of at least 4 members (excludes halogenated alkanes) is 14. The highest BCUT2D eigenvalue weighted by atomic mass is 32.2. The third-order valence-corrected chi connectivity index (χ3v) is 16.1. The van der Waals surface area contributed by atoms with Gasteiger partial charge >= 0.3 is 0 Å². The molecule has 2 aliphatic heterocycles. The topological polar surface area (TPSA) is 146 Å². The van der Waals surface area contributed by atoms with Crippen LogP contribution in [0.5, 0.6) is 11.5 Å². The number of hydrogen-bond acceptors (Lipinski definition) is 11. The fourth-order valence-electron chi connectivity index (χ4n) is 10.3. The van der Waals surface area contributed by atoms with Crippen molar-refractivity contribution >= 4 is 80.1 Å². The largest absolute Gasteiger partial charge is 0.493 e. The highest BCUT2D eigenvalue weighted by molar-refractivity contribution is 8.13. The van der Waals surface area contributed by atoms with E-state index in [1.54, 1.807) is 26.0 Å². The van der Waals surface area contributed by atoms with Crippen molar-refractivity contribution < 1.29 is 28.5 Å². The summed E-state index contributed by atoms with van der Waals surface area (Å²) in [5.74, 6) is 4.21. The van der Waals surface area contributed by atoms with Crippen LogP contribution in [-0.2, 0) is 39.0 Å². The fraction of sp³-hybridized carbons (Fsp3) is 0.470. The average Bonchev–Trinajstić information content (AvgIpc) is 4.37. The molecule has 0 atom stereocenters. The summed E-state index contributed by atoms with van der Waals surface area (Å²) in [5.41, 5.74) is 12.2. The van der Waals surface area contributed by atoms with Gasteiger partial charge in [-0.05, 0) is 118 Å². The molecule has 80 heavy (non-hydrogen) atoms. The molecule has 0 radical (unpaired) electrons. The zero-order valence-corrected chi connectivity index (χ0v) is 49.6. The molecule has 0 saturated carbocycles. The van der Waals surface area contributed by atoms with Crippen LogP contribution in [0.1, 0.15) is 163 Å². The summed E-state index contributed by atoms with van der Waals surface area (Å²) in [6, 6.07) is 15.0. The van der Waals surface area contributed by atoms with Gasteiger partial charge in [-0.1, -0.05) is 113 Å². The highest BCUT2D eigenvalue weighted by Crippen LogP contribution is 2.38. The van der Waals surface area contributed by atoms with Gasteiger partial charge in [-0.15, -0.1) is 13.2 Å². The number of hydrogen-bond donors (Lipinski definition) is 2. The van der Waals surface area contributed by atoms with Crippen molar-refractivity contribution in [3.05, 3.63) is 114 Å². The van der Waals surface area contributed by atoms with Crippen LogP contribution in [0, 0.1) is 0 Å². The second-order valence-corrected chi connectivity index (χ2v) is 23.3. The minimum atomic E-state index is 0.209. The fourth-order valence-corrected chi connectivity index (χ4v) is 11.5. The maximum absolute atomic E-state index is 11.3. The van der Waals surface area contributed by atoms with E-state index >= 15 is 0 Å². The first-order chi connectivity index (χ1) is 39.2. The number of rotatable bonds is 38. The minimum absolute atomic E-state index is 0.209. The normalized spacial score (nSPS) is 11.9. The molecule has 2 aliphatic rings. The minimum Gasteiger partial charge on any atom is -0.493 e. The SMILES string of the molecule is C=CCOCCCc1c2nc(c(-c3nccn3C)c3ccc([nH]3)c(CCCOCC=C)c3nc(c(-c4cc(OCCCCCCCCCCSC(C)=O)cc(OCCCCCCCCCCSC(C)=O)c4)c4ccc1[nH]4)C=C3)C=C2. The lowest BCUT2D eigenvalue weighted by molar-refractivity contribution is -0.109. The number of carbonyl (C=O) groups excluding carboxylic acids is 2. The second kappa shape index (κ2) is 34.4. The van der Waals surface area contributed by atoms with E-state index in [-0.39, 0.29) is 10.2 Å². The number of imidazole rings is 1. The molecule has 5 aromatic rings. The van der Waals surface area contributed by atoms with Crippen LogP contribution in [0.15, 0.2) is 80.2 Å². The highest BCUT2D eigenvalue weighted by Gasteiger charge is 2.20. The summed E-state index contributed by atoms with van der Waals surface area (Å²) in [6.07, 6.45) is 37.3. The van der Waals surface area contributed by atoms with Gasteiger partial charge in [0, 0.05) is 97.3 Å². The summed E-state index contributed by atoms with van der Waals surface area (Å²) >= 11 is 2.88. The Balaban J connectivity index is 1.25. The number of ether oxygens (including phenoxy) is 4. The standard InChI is InChI=1S/C66H86N6O6S2/c1-6-38-75-40-24-26-54-56-28-32-60(68-56)64(61-33-29-57(69-61)55(27-25-41-76-39-7-2)59-31-35-63(71-59)65(62-34-30-58(54)70-62)66-67-36-37-72(66)5)51-46-52(77-42-20-16-12-8-10-14-18-22-44-79-49(3)73)48-53(47-51)78-43-21-17-13-9-11-15-19-23-45-80-50(4)74/h6-7,28-37,46-48,68,71H,1-2,8-27,38-45H2,3-5H3. The summed E-state index contributed by atoms with van der Waals surface area (Å²) in [7, 11) is 2.02. The molecule has 0 amide bonds. The first kappa shape index (κ1) is 61.7. The van der Waals surface area contributed by atoms with E-state index in [1.165, 1.54) is 87.7 Å². The van der Waals surface area contributed by atoms with Crippen molar-refractivity contribution in [2.75, 3.05) is 51.1 Å². The van der Waals surface area contributed by atoms with Crippen LogP contribution in [0.25, 0.3) is 68.9 Å². The van der Waals surface area contributed by atoms with Crippen LogP contribution in [0.3, 0.4) is 0 Å². The number of benzene rings is 1. The lowest BCUT2D eigenvalue weighted by atomic mass is 10.0. The Bertz CT molecular complexity index is 2950. The van der Waals surface area contributed by atoms with E-state index in [9.17, 15) is 9.59 Å². The molecular formula is C66H86N6O6S2. The van der Waals surface area contributed by atoms with Gasteiger partial charge < -0.3 is 33.5 Å². The molecule has 0 fully saturated rings. The molecule has 4 aromatic heterocycles. The number of aryl methyl sites for hydroxylation is 3. The van der Waals surface area contributed by atoms with E-state index in [1.807, 2.05) is 24.0 Å². The number of aromatic nitrogens is 6. The second-order valence-electron chi connectivity index (χ2n) is 20.7. The number of carbonyl (C=O) groups is 2. The number of nitrogens with zero attached hydrogens (tertiary/aromatic N) is 4. The van der Waals surface area contributed by atoms with E-state index in [0.717, 1.165) is 166 Å². The predicted molar refractivity (Wildman–Crippen MR) is 336 cm³/mol. The molecule has 12 nitrogen and oxygen atoms in total. The van der Waals surface area contributed by atoms with E-state index in [4.69, 9.17) is 33.9 Å². The van der Waals surface area contributed by atoms with Crippen LogP contribution < -0.4 is 9.47 Å². The van der Waals surface area contributed by atoms with Gasteiger partial charge in [-0.3, -0.25) is 9.59 Å². The molecule has 428 valence electrons. The Morgan fingerprint density at radius 2 is 0.963 bits per heavy atom. The lowest BCUT2D eigenvalue weighted by Gasteiger charge is -2.14. The molecule has 7 rings (SSSR count). The number of nitrogens with one attached hydrogen (secondary N) is 2. The molecule has 0 aliphatic carbocycles. The van der Waals surface area contributed by atoms with Gasteiger partial charge in [0.25, 0.3) is 0 Å². The lowest BCUT2D eigenvalue weighted by Crippen LogP contribution is -2.01. The number of fused-ring (bicyclic) bond motifs is 8. The van der Waals surface area contributed by atoms with Gasteiger partial charge in [0.2, 0.25) is 0 Å². The van der Waals surface area contributed by atoms with Gasteiger partial charge in [0.05, 0.1) is 60.3 Å². The van der Waals surface area contributed by atoms with Gasteiger partial charge in [0.1, 0.15) is 17.3 Å².